The van der Waals surface area contributed by atoms with Crippen molar-refractivity contribution in [3.05, 3.63) is 59.8 Å². The van der Waals surface area contributed by atoms with Crippen molar-refractivity contribution in [2.45, 2.75) is 38.3 Å². The standard InChI is InChI=1S/C19H22N2O4/c1-13-16(20-12-25-13)10-11-24-15-8-6-14(7-9-15)17-4-2-3-5-18(21-17)19(22)23/h2-3,6-9,12,17-18,21H,4-5,10-11H2,1H3,(H,22,23)/t17-,18-/m0/s1. The first-order chi connectivity index (χ1) is 12.1. The summed E-state index contributed by atoms with van der Waals surface area (Å²) in [5.74, 6) is 0.780. The van der Waals surface area contributed by atoms with Gasteiger partial charge in [-0.15, -0.1) is 0 Å². The van der Waals surface area contributed by atoms with Crippen LogP contribution in [0.4, 0.5) is 0 Å². The van der Waals surface area contributed by atoms with E-state index in [1.165, 1.54) is 6.39 Å². The zero-order valence-corrected chi connectivity index (χ0v) is 14.1. The van der Waals surface area contributed by atoms with Gasteiger partial charge in [0.25, 0.3) is 0 Å². The molecule has 132 valence electrons. The van der Waals surface area contributed by atoms with Crippen LogP contribution in [0.15, 0.2) is 47.2 Å². The molecule has 0 spiro atoms. The highest BCUT2D eigenvalue weighted by Crippen LogP contribution is 2.24. The number of aliphatic carboxylic acids is 1. The van der Waals surface area contributed by atoms with Crippen LogP contribution in [0.1, 0.15) is 35.9 Å². The maximum atomic E-state index is 11.2. The highest BCUT2D eigenvalue weighted by molar-refractivity contribution is 5.73. The van der Waals surface area contributed by atoms with Gasteiger partial charge in [-0.2, -0.15) is 0 Å². The second kappa shape index (κ2) is 7.98. The van der Waals surface area contributed by atoms with Crippen molar-refractivity contribution in [3.63, 3.8) is 0 Å². The Morgan fingerprint density at radius 3 is 2.76 bits per heavy atom. The van der Waals surface area contributed by atoms with Gasteiger partial charge in [0.05, 0.1) is 12.3 Å². The summed E-state index contributed by atoms with van der Waals surface area (Å²) < 4.78 is 10.9. The van der Waals surface area contributed by atoms with E-state index in [0.29, 0.717) is 19.4 Å². The Balaban J connectivity index is 1.57. The van der Waals surface area contributed by atoms with E-state index in [1.54, 1.807) is 0 Å². The van der Waals surface area contributed by atoms with Crippen LogP contribution in [0.5, 0.6) is 5.75 Å². The number of nitrogens with zero attached hydrogens (tertiary/aromatic N) is 1. The number of benzene rings is 1. The number of carboxylic acid groups (broad SMARTS) is 1. The molecular weight excluding hydrogens is 320 g/mol. The summed E-state index contributed by atoms with van der Waals surface area (Å²) >= 11 is 0. The van der Waals surface area contributed by atoms with Gasteiger partial charge < -0.3 is 14.3 Å². The van der Waals surface area contributed by atoms with Crippen LogP contribution in [-0.2, 0) is 11.2 Å². The highest BCUT2D eigenvalue weighted by Gasteiger charge is 2.22. The van der Waals surface area contributed by atoms with Gasteiger partial charge >= 0.3 is 5.97 Å². The van der Waals surface area contributed by atoms with Gasteiger partial charge in [-0.05, 0) is 37.5 Å². The van der Waals surface area contributed by atoms with Crippen molar-refractivity contribution in [2.24, 2.45) is 0 Å². The second-order valence-corrected chi connectivity index (χ2v) is 6.08. The fraction of sp³-hybridized carbons (Fsp3) is 0.368. The number of nitrogens with one attached hydrogen (secondary N) is 1. The molecule has 2 heterocycles. The number of hydrogen-bond acceptors (Lipinski definition) is 5. The minimum Gasteiger partial charge on any atom is -0.493 e. The lowest BCUT2D eigenvalue weighted by Crippen LogP contribution is -2.37. The van der Waals surface area contributed by atoms with Gasteiger partial charge in [-0.1, -0.05) is 24.3 Å². The van der Waals surface area contributed by atoms with Crippen molar-refractivity contribution >= 4 is 5.97 Å². The predicted octanol–water partition coefficient (Wildman–Crippen LogP) is 3.04. The third-order valence-corrected chi connectivity index (χ3v) is 4.35. The van der Waals surface area contributed by atoms with Crippen molar-refractivity contribution in [2.75, 3.05) is 6.61 Å². The van der Waals surface area contributed by atoms with Crippen molar-refractivity contribution in [1.29, 1.82) is 0 Å². The average molecular weight is 342 g/mol. The number of rotatable bonds is 6. The van der Waals surface area contributed by atoms with Gasteiger partial charge in [-0.3, -0.25) is 10.1 Å². The van der Waals surface area contributed by atoms with Crippen LogP contribution in [-0.4, -0.2) is 28.7 Å². The van der Waals surface area contributed by atoms with E-state index >= 15 is 0 Å². The van der Waals surface area contributed by atoms with E-state index in [4.69, 9.17) is 9.15 Å². The maximum Gasteiger partial charge on any atom is 0.321 e. The highest BCUT2D eigenvalue weighted by atomic mass is 16.5. The number of hydrogen-bond donors (Lipinski definition) is 2. The van der Waals surface area contributed by atoms with Gasteiger partial charge in [0.2, 0.25) is 0 Å². The Kier molecular flexibility index (Phi) is 5.50. The first kappa shape index (κ1) is 17.2. The van der Waals surface area contributed by atoms with Crippen LogP contribution in [0.2, 0.25) is 0 Å². The number of carboxylic acids is 1. The molecule has 0 radical (unpaired) electrons. The smallest absolute Gasteiger partial charge is 0.321 e. The second-order valence-electron chi connectivity index (χ2n) is 6.08. The topological polar surface area (TPSA) is 84.6 Å². The van der Waals surface area contributed by atoms with Crippen molar-refractivity contribution < 1.29 is 19.1 Å². The van der Waals surface area contributed by atoms with Crippen LogP contribution >= 0.6 is 0 Å². The van der Waals surface area contributed by atoms with E-state index in [2.05, 4.69) is 10.3 Å². The molecule has 0 aliphatic carbocycles. The van der Waals surface area contributed by atoms with Crippen LogP contribution in [0.25, 0.3) is 0 Å². The lowest BCUT2D eigenvalue weighted by atomic mass is 10.0. The zero-order chi connectivity index (χ0) is 17.6. The molecule has 1 aliphatic heterocycles. The maximum absolute atomic E-state index is 11.2. The number of aromatic nitrogens is 1. The molecule has 1 aliphatic rings. The number of oxazole rings is 1. The van der Waals surface area contributed by atoms with E-state index < -0.39 is 12.0 Å². The largest absolute Gasteiger partial charge is 0.493 e. The lowest BCUT2D eigenvalue weighted by Gasteiger charge is -2.20. The summed E-state index contributed by atoms with van der Waals surface area (Å²) in [5.41, 5.74) is 1.96. The van der Waals surface area contributed by atoms with Crippen molar-refractivity contribution in [3.8, 4) is 5.75 Å². The fourth-order valence-corrected chi connectivity index (χ4v) is 2.88. The molecule has 3 rings (SSSR count). The average Bonchev–Trinajstić information content (AvgIpc) is 2.86. The first-order valence-electron chi connectivity index (χ1n) is 8.39. The van der Waals surface area contributed by atoms with Gasteiger partial charge in [-0.25, -0.2) is 4.98 Å². The Morgan fingerprint density at radius 2 is 2.08 bits per heavy atom. The molecule has 0 amide bonds. The Hall–Kier alpha value is -2.60. The molecule has 1 aromatic heterocycles. The monoisotopic (exact) mass is 342 g/mol. The molecule has 2 aromatic rings. The molecule has 0 unspecified atom stereocenters. The number of carbonyl (C=O) groups is 1. The molecule has 6 heteroatoms. The quantitative estimate of drug-likeness (QED) is 0.785. The van der Waals surface area contributed by atoms with Crippen LogP contribution < -0.4 is 10.1 Å². The predicted molar refractivity (Wildman–Crippen MR) is 92.6 cm³/mol. The summed E-state index contributed by atoms with van der Waals surface area (Å²) in [4.78, 5) is 15.4. The molecule has 6 nitrogen and oxygen atoms in total. The fourth-order valence-electron chi connectivity index (χ4n) is 2.88. The SMILES string of the molecule is Cc1ocnc1CCOc1ccc([C@@H]2CC=CC[C@@H](C(=O)O)N2)cc1. The number of aryl methyl sites for hydroxylation is 1. The molecule has 0 bridgehead atoms. The van der Waals surface area contributed by atoms with E-state index in [-0.39, 0.29) is 6.04 Å². The molecule has 0 fully saturated rings. The van der Waals surface area contributed by atoms with Crippen LogP contribution in [0, 0.1) is 6.92 Å². The molecule has 0 saturated heterocycles. The molecule has 2 atom stereocenters. The van der Waals surface area contributed by atoms with E-state index in [9.17, 15) is 9.90 Å². The van der Waals surface area contributed by atoms with Gasteiger partial charge in [0.15, 0.2) is 6.39 Å². The van der Waals surface area contributed by atoms with Gasteiger partial charge in [0.1, 0.15) is 17.6 Å². The van der Waals surface area contributed by atoms with Crippen LogP contribution in [0.3, 0.4) is 0 Å². The third-order valence-electron chi connectivity index (χ3n) is 4.35. The van der Waals surface area contributed by atoms with Crippen molar-refractivity contribution in [1.82, 2.24) is 10.3 Å². The number of ether oxygens (including phenoxy) is 1. The normalized spacial score (nSPS) is 20.2. The first-order valence-corrected chi connectivity index (χ1v) is 8.39. The Morgan fingerprint density at radius 1 is 1.32 bits per heavy atom. The minimum atomic E-state index is -0.820. The molecule has 25 heavy (non-hydrogen) atoms. The minimum absolute atomic E-state index is 0.00770. The molecule has 1 aromatic carbocycles. The molecule has 2 N–H and O–H groups in total. The third kappa shape index (κ3) is 4.48. The Bertz CT molecular complexity index is 736. The van der Waals surface area contributed by atoms with E-state index in [0.717, 1.165) is 29.2 Å². The summed E-state index contributed by atoms with van der Waals surface area (Å²) in [6.45, 7) is 2.41. The molecular formula is C19H22N2O4. The summed E-state index contributed by atoms with van der Waals surface area (Å²) in [6, 6.07) is 7.23. The van der Waals surface area contributed by atoms with Gasteiger partial charge in [0, 0.05) is 12.5 Å². The zero-order valence-electron chi connectivity index (χ0n) is 14.1. The summed E-state index contributed by atoms with van der Waals surface area (Å²) in [6.07, 6.45) is 7.38. The lowest BCUT2D eigenvalue weighted by molar-refractivity contribution is -0.139. The summed E-state index contributed by atoms with van der Waals surface area (Å²) in [7, 11) is 0. The molecule has 0 saturated carbocycles. The Labute approximate surface area is 146 Å². The summed E-state index contributed by atoms with van der Waals surface area (Å²) in [5, 5.41) is 12.4. The van der Waals surface area contributed by atoms with E-state index in [1.807, 2.05) is 43.3 Å².